The van der Waals surface area contributed by atoms with Crippen LogP contribution in [0.1, 0.15) is 32.4 Å². The summed E-state index contributed by atoms with van der Waals surface area (Å²) in [5.41, 5.74) is 6.35. The maximum atomic E-state index is 5.71. The summed E-state index contributed by atoms with van der Waals surface area (Å²) in [4.78, 5) is 11.3. The van der Waals surface area contributed by atoms with Crippen molar-refractivity contribution in [2.24, 2.45) is 11.7 Å². The lowest BCUT2D eigenvalue weighted by molar-refractivity contribution is 0.601. The van der Waals surface area contributed by atoms with Crippen molar-refractivity contribution in [3.05, 3.63) is 18.1 Å². The van der Waals surface area contributed by atoms with Gasteiger partial charge >= 0.3 is 0 Å². The zero-order chi connectivity index (χ0) is 12.4. The number of aromatic nitrogens is 2. The highest BCUT2D eigenvalue weighted by Gasteiger charge is 2.32. The van der Waals surface area contributed by atoms with Crippen LogP contribution in [0.3, 0.4) is 0 Å². The minimum atomic E-state index is 0.322. The molecule has 5 heteroatoms. The number of hydrogen-bond acceptors (Lipinski definition) is 4. The fraction of sp³-hybridized carbons (Fsp3) is 0.583. The minimum absolute atomic E-state index is 0.322. The highest BCUT2D eigenvalue weighted by Crippen LogP contribution is 2.32. The van der Waals surface area contributed by atoms with E-state index in [-0.39, 0.29) is 0 Å². The number of rotatable bonds is 5. The Balaban J connectivity index is 2.31. The van der Waals surface area contributed by atoms with E-state index < -0.39 is 0 Å². The number of anilines is 1. The lowest BCUT2D eigenvalue weighted by atomic mass is 10.2. The SMILES string of the molecule is CC(C)CN(c1nccnc1C(N)=S)C1CC1. The Morgan fingerprint density at radius 1 is 1.47 bits per heavy atom. The fourth-order valence-electron chi connectivity index (χ4n) is 1.90. The van der Waals surface area contributed by atoms with Crippen LogP contribution in [0.15, 0.2) is 12.4 Å². The molecule has 1 aromatic rings. The first-order valence-electron chi connectivity index (χ1n) is 5.97. The molecule has 1 aromatic heterocycles. The quantitative estimate of drug-likeness (QED) is 0.807. The van der Waals surface area contributed by atoms with Crippen LogP contribution >= 0.6 is 12.2 Å². The molecule has 1 fully saturated rings. The zero-order valence-corrected chi connectivity index (χ0v) is 11.1. The summed E-state index contributed by atoms with van der Waals surface area (Å²) in [6, 6.07) is 0.585. The van der Waals surface area contributed by atoms with Crippen molar-refractivity contribution in [3.63, 3.8) is 0 Å². The van der Waals surface area contributed by atoms with Crippen LogP contribution in [0.25, 0.3) is 0 Å². The van der Waals surface area contributed by atoms with Crippen molar-refractivity contribution in [1.29, 1.82) is 0 Å². The molecule has 0 unspecified atom stereocenters. The van der Waals surface area contributed by atoms with Gasteiger partial charge in [-0.1, -0.05) is 26.1 Å². The van der Waals surface area contributed by atoms with E-state index in [0.29, 0.717) is 22.6 Å². The summed E-state index contributed by atoms with van der Waals surface area (Å²) >= 11 is 5.04. The molecule has 0 amide bonds. The third kappa shape index (κ3) is 2.91. The molecule has 0 radical (unpaired) electrons. The Morgan fingerprint density at radius 3 is 2.65 bits per heavy atom. The second kappa shape index (κ2) is 4.96. The Labute approximate surface area is 107 Å². The molecule has 4 nitrogen and oxygen atoms in total. The molecule has 0 aliphatic heterocycles. The third-order valence-electron chi connectivity index (χ3n) is 2.73. The van der Waals surface area contributed by atoms with E-state index in [9.17, 15) is 0 Å². The topological polar surface area (TPSA) is 55.0 Å². The van der Waals surface area contributed by atoms with Gasteiger partial charge in [-0.15, -0.1) is 0 Å². The molecule has 0 bridgehead atoms. The molecule has 0 atom stereocenters. The second-order valence-electron chi connectivity index (χ2n) is 4.87. The summed E-state index contributed by atoms with van der Waals surface area (Å²) in [7, 11) is 0. The van der Waals surface area contributed by atoms with E-state index in [1.54, 1.807) is 12.4 Å². The monoisotopic (exact) mass is 250 g/mol. The van der Waals surface area contributed by atoms with E-state index in [0.717, 1.165) is 12.4 Å². The van der Waals surface area contributed by atoms with Crippen LogP contribution in [0.5, 0.6) is 0 Å². The van der Waals surface area contributed by atoms with Gasteiger partial charge in [-0.2, -0.15) is 0 Å². The van der Waals surface area contributed by atoms with E-state index in [4.69, 9.17) is 18.0 Å². The van der Waals surface area contributed by atoms with E-state index in [1.165, 1.54) is 12.8 Å². The second-order valence-corrected chi connectivity index (χ2v) is 5.31. The number of nitrogens with two attached hydrogens (primary N) is 1. The fourth-order valence-corrected chi connectivity index (χ4v) is 2.05. The number of thiocarbonyl (C=S) groups is 1. The van der Waals surface area contributed by atoms with Gasteiger partial charge in [0.1, 0.15) is 10.7 Å². The Kier molecular flexibility index (Phi) is 3.57. The van der Waals surface area contributed by atoms with Crippen LogP contribution < -0.4 is 10.6 Å². The summed E-state index contributed by atoms with van der Waals surface area (Å²) in [6.07, 6.45) is 5.78. The molecule has 0 aromatic carbocycles. The first kappa shape index (κ1) is 12.2. The molecule has 0 spiro atoms. The molecule has 2 N–H and O–H groups in total. The first-order chi connectivity index (χ1) is 8.09. The van der Waals surface area contributed by atoms with Crippen LogP contribution in [0, 0.1) is 5.92 Å². The Morgan fingerprint density at radius 2 is 2.12 bits per heavy atom. The maximum Gasteiger partial charge on any atom is 0.157 e. The van der Waals surface area contributed by atoms with Crippen molar-refractivity contribution < 1.29 is 0 Å². The number of hydrogen-bond donors (Lipinski definition) is 1. The molecule has 0 saturated heterocycles. The third-order valence-corrected chi connectivity index (χ3v) is 2.93. The standard InChI is InChI=1S/C12H18N4S/c1-8(2)7-16(9-3-4-9)12-10(11(13)17)14-5-6-15-12/h5-6,8-9H,3-4,7H2,1-2H3,(H2,13,17). The summed E-state index contributed by atoms with van der Waals surface area (Å²) in [6.45, 7) is 5.37. The van der Waals surface area contributed by atoms with Gasteiger partial charge in [0.25, 0.3) is 0 Å². The molecule has 1 heterocycles. The largest absolute Gasteiger partial charge is 0.388 e. The molecule has 1 saturated carbocycles. The van der Waals surface area contributed by atoms with Gasteiger partial charge in [0.05, 0.1) is 0 Å². The predicted molar refractivity (Wildman–Crippen MR) is 73.1 cm³/mol. The zero-order valence-electron chi connectivity index (χ0n) is 10.3. The molecule has 92 valence electrons. The lowest BCUT2D eigenvalue weighted by Crippen LogP contribution is -2.33. The van der Waals surface area contributed by atoms with Crippen LogP contribution in [0.2, 0.25) is 0 Å². The van der Waals surface area contributed by atoms with Gasteiger partial charge in [0.15, 0.2) is 5.82 Å². The average molecular weight is 250 g/mol. The summed E-state index contributed by atoms with van der Waals surface area (Å²) in [5, 5.41) is 0. The molecule has 2 rings (SSSR count). The van der Waals surface area contributed by atoms with Gasteiger partial charge in [0, 0.05) is 25.0 Å². The molecule has 17 heavy (non-hydrogen) atoms. The van der Waals surface area contributed by atoms with Crippen molar-refractivity contribution in [1.82, 2.24) is 9.97 Å². The Hall–Kier alpha value is -1.23. The van der Waals surface area contributed by atoms with Crippen molar-refractivity contribution >= 4 is 23.0 Å². The molecule has 1 aliphatic rings. The first-order valence-corrected chi connectivity index (χ1v) is 6.38. The van der Waals surface area contributed by atoms with Gasteiger partial charge in [-0.05, 0) is 18.8 Å². The maximum absolute atomic E-state index is 5.71. The highest BCUT2D eigenvalue weighted by atomic mass is 32.1. The van der Waals surface area contributed by atoms with Crippen molar-refractivity contribution in [2.45, 2.75) is 32.7 Å². The number of nitrogens with zero attached hydrogens (tertiary/aromatic N) is 3. The minimum Gasteiger partial charge on any atom is -0.388 e. The van der Waals surface area contributed by atoms with Crippen LogP contribution in [0.4, 0.5) is 5.82 Å². The van der Waals surface area contributed by atoms with Gasteiger partial charge in [0.2, 0.25) is 0 Å². The van der Waals surface area contributed by atoms with E-state index in [2.05, 4.69) is 28.7 Å². The summed E-state index contributed by atoms with van der Waals surface area (Å²) < 4.78 is 0. The van der Waals surface area contributed by atoms with Crippen LogP contribution in [-0.2, 0) is 0 Å². The van der Waals surface area contributed by atoms with Gasteiger partial charge in [-0.3, -0.25) is 0 Å². The van der Waals surface area contributed by atoms with Gasteiger partial charge in [-0.25, -0.2) is 9.97 Å². The Bertz CT molecular complexity index is 415. The molecule has 1 aliphatic carbocycles. The van der Waals surface area contributed by atoms with E-state index in [1.807, 2.05) is 0 Å². The summed E-state index contributed by atoms with van der Waals surface area (Å²) in [5.74, 6) is 1.42. The normalized spacial score (nSPS) is 15.0. The lowest BCUT2D eigenvalue weighted by Gasteiger charge is -2.26. The van der Waals surface area contributed by atoms with E-state index >= 15 is 0 Å². The smallest absolute Gasteiger partial charge is 0.157 e. The van der Waals surface area contributed by atoms with Crippen molar-refractivity contribution in [3.8, 4) is 0 Å². The van der Waals surface area contributed by atoms with Crippen LogP contribution in [-0.4, -0.2) is 27.5 Å². The molecular weight excluding hydrogens is 232 g/mol. The van der Waals surface area contributed by atoms with Crippen molar-refractivity contribution in [2.75, 3.05) is 11.4 Å². The highest BCUT2D eigenvalue weighted by molar-refractivity contribution is 7.80. The average Bonchev–Trinajstić information content (AvgIpc) is 3.09. The van der Waals surface area contributed by atoms with Gasteiger partial charge < -0.3 is 10.6 Å². The predicted octanol–water partition coefficient (Wildman–Crippen LogP) is 1.74. The molecular formula is C12H18N4S.